The van der Waals surface area contributed by atoms with Crippen LogP contribution in [0.5, 0.6) is 5.75 Å². The molecule has 0 aromatic heterocycles. The number of carbonyl (C=O) groups is 1. The minimum absolute atomic E-state index is 0.0109. The van der Waals surface area contributed by atoms with Crippen molar-refractivity contribution in [2.75, 3.05) is 13.7 Å². The highest BCUT2D eigenvalue weighted by Gasteiger charge is 2.32. The van der Waals surface area contributed by atoms with E-state index in [1.807, 2.05) is 80.6 Å². The van der Waals surface area contributed by atoms with Crippen LogP contribution < -0.4 is 4.74 Å². The Bertz CT molecular complexity index is 1130. The van der Waals surface area contributed by atoms with Crippen LogP contribution in [0.25, 0.3) is 16.8 Å². The summed E-state index contributed by atoms with van der Waals surface area (Å²) in [4.78, 5) is 20.1. The molecule has 0 spiro atoms. The summed E-state index contributed by atoms with van der Waals surface area (Å²) in [5.41, 5.74) is 3.02. The van der Waals surface area contributed by atoms with E-state index in [9.17, 15) is 4.79 Å². The fourth-order valence-electron chi connectivity index (χ4n) is 3.34. The number of thioether (sulfide) groups is 1. The largest absolute Gasteiger partial charge is 0.496 e. The third-order valence-corrected chi connectivity index (χ3v) is 5.89. The number of nitrogens with zero attached hydrogens (tertiary/aromatic N) is 2. The fourth-order valence-corrected chi connectivity index (χ4v) is 4.39. The Balaban J connectivity index is 1.74. The second-order valence-electron chi connectivity index (χ2n) is 6.79. The Labute approximate surface area is 174 Å². The maximum Gasteiger partial charge on any atom is 0.266 e. The number of carbonyl (C=O) groups excluding carboxylic acids is 1. The van der Waals surface area contributed by atoms with E-state index in [1.54, 1.807) is 12.0 Å². The lowest BCUT2D eigenvalue weighted by Crippen LogP contribution is -2.28. The minimum Gasteiger partial charge on any atom is -0.496 e. The molecule has 4 rings (SSSR count). The molecule has 1 aliphatic rings. The molecule has 3 aromatic rings. The van der Waals surface area contributed by atoms with Gasteiger partial charge >= 0.3 is 0 Å². The monoisotopic (exact) mass is 402 g/mol. The molecule has 0 aliphatic carbocycles. The highest BCUT2D eigenvalue weighted by Crippen LogP contribution is 2.36. The van der Waals surface area contributed by atoms with Crippen LogP contribution in [-0.4, -0.2) is 29.6 Å². The molecule has 1 saturated heterocycles. The number of fused-ring (bicyclic) bond motifs is 1. The number of likely N-dealkylation sites (N-methyl/N-ethyl adjacent to an activating group) is 1. The van der Waals surface area contributed by atoms with Crippen LogP contribution in [0.3, 0.4) is 0 Å². The van der Waals surface area contributed by atoms with Crippen molar-refractivity contribution in [2.45, 2.75) is 13.8 Å². The highest BCUT2D eigenvalue weighted by atomic mass is 32.2. The Kier molecular flexibility index (Phi) is 5.41. The molecule has 146 valence electrons. The first kappa shape index (κ1) is 19.3. The summed E-state index contributed by atoms with van der Waals surface area (Å²) in [7, 11) is 1.67. The number of hydrogen-bond donors (Lipinski definition) is 0. The summed E-state index contributed by atoms with van der Waals surface area (Å²) in [6.07, 6.45) is 1.95. The average Bonchev–Trinajstić information content (AvgIpc) is 3.04. The number of aliphatic imine (C=N–C) groups is 1. The van der Waals surface area contributed by atoms with Gasteiger partial charge in [-0.15, -0.1) is 0 Å². The molecule has 0 unspecified atom stereocenters. The van der Waals surface area contributed by atoms with Gasteiger partial charge in [0.1, 0.15) is 5.75 Å². The summed E-state index contributed by atoms with van der Waals surface area (Å²) < 4.78 is 5.48. The number of rotatable bonds is 4. The van der Waals surface area contributed by atoms with E-state index in [0.29, 0.717) is 16.6 Å². The number of methoxy groups -OCH3 is 1. The first-order valence-corrected chi connectivity index (χ1v) is 10.3. The van der Waals surface area contributed by atoms with Crippen LogP contribution in [0.15, 0.2) is 70.6 Å². The van der Waals surface area contributed by atoms with Crippen molar-refractivity contribution in [3.8, 4) is 5.75 Å². The summed E-state index contributed by atoms with van der Waals surface area (Å²) in [6.45, 7) is 4.59. The van der Waals surface area contributed by atoms with Gasteiger partial charge in [0.15, 0.2) is 5.17 Å². The summed E-state index contributed by atoms with van der Waals surface area (Å²) >= 11 is 1.42. The van der Waals surface area contributed by atoms with Crippen molar-refractivity contribution >= 4 is 45.4 Å². The van der Waals surface area contributed by atoms with Gasteiger partial charge in [-0.2, -0.15) is 0 Å². The number of ether oxygens (including phenoxy) is 1. The molecule has 29 heavy (non-hydrogen) atoms. The second kappa shape index (κ2) is 8.13. The molecule has 1 fully saturated rings. The van der Waals surface area contributed by atoms with Gasteiger partial charge in [-0.1, -0.05) is 48.0 Å². The first-order chi connectivity index (χ1) is 14.1. The van der Waals surface area contributed by atoms with Gasteiger partial charge in [-0.25, -0.2) is 4.99 Å². The number of benzene rings is 3. The molecule has 4 nitrogen and oxygen atoms in total. The number of aryl methyl sites for hydroxylation is 1. The van der Waals surface area contributed by atoms with Crippen LogP contribution >= 0.6 is 11.8 Å². The van der Waals surface area contributed by atoms with Crippen molar-refractivity contribution in [2.24, 2.45) is 4.99 Å². The maximum atomic E-state index is 13.0. The van der Waals surface area contributed by atoms with Crippen LogP contribution in [0.4, 0.5) is 5.69 Å². The van der Waals surface area contributed by atoms with Crippen LogP contribution in [0.2, 0.25) is 0 Å². The number of amidine groups is 1. The molecule has 1 amide bonds. The molecule has 5 heteroatoms. The zero-order valence-electron chi connectivity index (χ0n) is 16.7. The molecular formula is C24H22N2O2S. The molecule has 3 aromatic carbocycles. The summed E-state index contributed by atoms with van der Waals surface area (Å²) in [6, 6.07) is 20.0. The first-order valence-electron chi connectivity index (χ1n) is 9.53. The third-order valence-electron chi connectivity index (χ3n) is 4.89. The van der Waals surface area contributed by atoms with Gasteiger partial charge in [0.25, 0.3) is 5.91 Å². The normalized spacial score (nSPS) is 16.9. The SMILES string of the molecule is CCN1C(=O)/C(=C\c2ccc(OC)c3ccccc23)SC1=Nc1ccc(C)cc1. The van der Waals surface area contributed by atoms with E-state index >= 15 is 0 Å². The minimum atomic E-state index is -0.0109. The van der Waals surface area contributed by atoms with Gasteiger partial charge in [0.2, 0.25) is 0 Å². The molecule has 0 atom stereocenters. The van der Waals surface area contributed by atoms with Gasteiger partial charge in [0, 0.05) is 11.9 Å². The lowest BCUT2D eigenvalue weighted by Gasteiger charge is -2.12. The van der Waals surface area contributed by atoms with Crippen molar-refractivity contribution in [3.05, 3.63) is 76.7 Å². The molecular weight excluding hydrogens is 380 g/mol. The Morgan fingerprint density at radius 2 is 1.76 bits per heavy atom. The summed E-state index contributed by atoms with van der Waals surface area (Å²) in [5, 5.41) is 2.80. The van der Waals surface area contributed by atoms with Crippen molar-refractivity contribution in [3.63, 3.8) is 0 Å². The topological polar surface area (TPSA) is 41.9 Å². The fraction of sp³-hybridized carbons (Fsp3) is 0.167. The van der Waals surface area contributed by atoms with E-state index in [2.05, 4.69) is 0 Å². The Morgan fingerprint density at radius 1 is 1.03 bits per heavy atom. The zero-order valence-corrected chi connectivity index (χ0v) is 17.5. The maximum absolute atomic E-state index is 13.0. The van der Waals surface area contributed by atoms with Gasteiger partial charge in [-0.3, -0.25) is 9.69 Å². The van der Waals surface area contributed by atoms with Gasteiger partial charge < -0.3 is 4.74 Å². The Morgan fingerprint density at radius 3 is 2.45 bits per heavy atom. The van der Waals surface area contributed by atoms with E-state index in [4.69, 9.17) is 9.73 Å². The highest BCUT2D eigenvalue weighted by molar-refractivity contribution is 8.18. The zero-order chi connectivity index (χ0) is 20.4. The molecule has 0 saturated carbocycles. The molecule has 1 aliphatic heterocycles. The van der Waals surface area contributed by atoms with E-state index < -0.39 is 0 Å². The van der Waals surface area contributed by atoms with Crippen molar-refractivity contribution in [1.29, 1.82) is 0 Å². The van der Waals surface area contributed by atoms with E-state index in [0.717, 1.165) is 27.8 Å². The van der Waals surface area contributed by atoms with Crippen LogP contribution in [0.1, 0.15) is 18.1 Å². The van der Waals surface area contributed by atoms with Crippen molar-refractivity contribution < 1.29 is 9.53 Å². The third kappa shape index (κ3) is 3.78. The van der Waals surface area contributed by atoms with E-state index in [1.165, 1.54) is 17.3 Å². The molecule has 0 radical (unpaired) electrons. The van der Waals surface area contributed by atoms with Gasteiger partial charge in [0.05, 0.1) is 17.7 Å². The van der Waals surface area contributed by atoms with Crippen LogP contribution in [-0.2, 0) is 4.79 Å². The standard InChI is InChI=1S/C24H22N2O2S/c1-4-26-23(27)22(29-24(26)25-18-12-9-16(2)10-13-18)15-17-11-14-21(28-3)20-8-6-5-7-19(17)20/h5-15H,4H2,1-3H3/b22-15+,25-24?. The smallest absolute Gasteiger partial charge is 0.266 e. The molecule has 0 bridgehead atoms. The average molecular weight is 403 g/mol. The van der Waals surface area contributed by atoms with Gasteiger partial charge in [-0.05, 0) is 60.8 Å². The number of amides is 1. The Hall–Kier alpha value is -3.05. The number of hydrogen-bond acceptors (Lipinski definition) is 4. The predicted octanol–water partition coefficient (Wildman–Crippen LogP) is 5.78. The summed E-state index contributed by atoms with van der Waals surface area (Å²) in [5.74, 6) is 0.813. The van der Waals surface area contributed by atoms with Crippen LogP contribution in [0, 0.1) is 6.92 Å². The van der Waals surface area contributed by atoms with E-state index in [-0.39, 0.29) is 5.91 Å². The second-order valence-corrected chi connectivity index (χ2v) is 7.80. The lowest BCUT2D eigenvalue weighted by atomic mass is 10.0. The van der Waals surface area contributed by atoms with Crippen molar-refractivity contribution in [1.82, 2.24) is 4.90 Å². The lowest BCUT2D eigenvalue weighted by molar-refractivity contribution is -0.122. The molecule has 1 heterocycles. The quantitative estimate of drug-likeness (QED) is 0.520. The predicted molar refractivity (Wildman–Crippen MR) is 122 cm³/mol. The molecule has 0 N–H and O–H groups in total.